The van der Waals surface area contributed by atoms with E-state index in [0.29, 0.717) is 28.1 Å². The van der Waals surface area contributed by atoms with Crippen LogP contribution >= 0.6 is 0 Å². The van der Waals surface area contributed by atoms with Crippen molar-refractivity contribution in [2.75, 3.05) is 19.6 Å². The van der Waals surface area contributed by atoms with Gasteiger partial charge in [-0.2, -0.15) is 15.3 Å². The van der Waals surface area contributed by atoms with Crippen LogP contribution in [0, 0.1) is 12.7 Å². The molecule has 7 heteroatoms. The topological polar surface area (TPSA) is 59.2 Å². The quantitative estimate of drug-likeness (QED) is 0.448. The zero-order chi connectivity index (χ0) is 22.4. The van der Waals surface area contributed by atoms with Crippen molar-refractivity contribution < 1.29 is 4.39 Å². The lowest BCUT2D eigenvalue weighted by Gasteiger charge is -2.30. The van der Waals surface area contributed by atoms with E-state index >= 15 is 4.39 Å². The zero-order valence-corrected chi connectivity index (χ0v) is 19.1. The fourth-order valence-corrected chi connectivity index (χ4v) is 4.69. The minimum Gasteiger partial charge on any atom is -0.304 e. The third kappa shape index (κ3) is 3.75. The van der Waals surface area contributed by atoms with Crippen molar-refractivity contribution in [2.24, 2.45) is 0 Å². The molecule has 1 aliphatic rings. The summed E-state index contributed by atoms with van der Waals surface area (Å²) in [6.45, 7) is 11.6. The predicted molar refractivity (Wildman–Crippen MR) is 124 cm³/mol. The van der Waals surface area contributed by atoms with E-state index in [4.69, 9.17) is 5.10 Å². The molecular formula is C25H29FN6. The average Bonchev–Trinajstić information content (AvgIpc) is 3.18. The van der Waals surface area contributed by atoms with Gasteiger partial charge in [0.25, 0.3) is 0 Å². The molecule has 0 bridgehead atoms. The first-order valence-electron chi connectivity index (χ1n) is 11.5. The Morgan fingerprint density at radius 2 is 1.88 bits per heavy atom. The first-order valence-corrected chi connectivity index (χ1v) is 11.5. The summed E-state index contributed by atoms with van der Waals surface area (Å²) in [7, 11) is 0. The number of rotatable bonds is 4. The number of likely N-dealkylation sites (tertiary alicyclic amines) is 1. The van der Waals surface area contributed by atoms with Crippen molar-refractivity contribution in [3.8, 4) is 11.3 Å². The molecule has 0 atom stereocenters. The molecule has 4 aromatic rings. The van der Waals surface area contributed by atoms with Gasteiger partial charge in [-0.1, -0.05) is 20.8 Å². The highest BCUT2D eigenvalue weighted by atomic mass is 19.1. The number of halogens is 1. The van der Waals surface area contributed by atoms with Gasteiger partial charge in [0, 0.05) is 22.4 Å². The molecule has 0 spiro atoms. The summed E-state index contributed by atoms with van der Waals surface area (Å²) in [5, 5.41) is 14.1. The Hall–Kier alpha value is -2.93. The summed E-state index contributed by atoms with van der Waals surface area (Å²) in [5.74, 6) is 0.332. The number of hydrogen-bond donors (Lipinski definition) is 0. The molecular weight excluding hydrogens is 403 g/mol. The Balaban J connectivity index is 1.54. The molecule has 1 aromatic carbocycles. The summed E-state index contributed by atoms with van der Waals surface area (Å²) >= 11 is 0. The molecule has 1 aliphatic heterocycles. The Labute approximate surface area is 187 Å². The molecule has 0 saturated carbocycles. The van der Waals surface area contributed by atoms with Crippen LogP contribution in [0.2, 0.25) is 0 Å². The Bertz CT molecular complexity index is 1290. The average molecular weight is 433 g/mol. The van der Waals surface area contributed by atoms with Crippen molar-refractivity contribution in [2.45, 2.75) is 52.4 Å². The van der Waals surface area contributed by atoms with Gasteiger partial charge >= 0.3 is 0 Å². The summed E-state index contributed by atoms with van der Waals surface area (Å²) < 4.78 is 17.0. The third-order valence-corrected chi connectivity index (χ3v) is 6.62. The first-order chi connectivity index (χ1) is 15.4. The first kappa shape index (κ1) is 20.9. The van der Waals surface area contributed by atoms with Crippen molar-refractivity contribution in [1.82, 2.24) is 29.7 Å². The Morgan fingerprint density at radius 3 is 2.59 bits per heavy atom. The summed E-state index contributed by atoms with van der Waals surface area (Å²) in [4.78, 5) is 7.04. The van der Waals surface area contributed by atoms with E-state index in [1.54, 1.807) is 10.6 Å². The monoisotopic (exact) mass is 432 g/mol. The van der Waals surface area contributed by atoms with E-state index in [-0.39, 0.29) is 11.7 Å². The molecule has 0 N–H and O–H groups in total. The molecule has 0 aliphatic carbocycles. The fraction of sp³-hybridized carbons (Fsp3) is 0.440. The molecule has 3 aromatic heterocycles. The minimum atomic E-state index is -0.283. The maximum absolute atomic E-state index is 15.3. The zero-order valence-electron chi connectivity index (χ0n) is 19.1. The molecule has 166 valence electrons. The lowest BCUT2D eigenvalue weighted by Crippen LogP contribution is -2.32. The number of aromatic nitrogens is 5. The van der Waals surface area contributed by atoms with Crippen LogP contribution < -0.4 is 0 Å². The maximum atomic E-state index is 15.3. The lowest BCUT2D eigenvalue weighted by atomic mass is 9.92. The molecule has 0 amide bonds. The van der Waals surface area contributed by atoms with Gasteiger partial charge < -0.3 is 4.90 Å². The standard InChI is InChI=1S/C25H29FN6/c1-5-31-8-6-17(7-9-31)22-13-20-21(26)10-18(11-24(20)29-28-22)23-12-19(15(2)3)25-27-16(4)14-32(25)30-23/h10-15,17H,5-9H2,1-4H3. The van der Waals surface area contributed by atoms with E-state index in [1.165, 1.54) is 0 Å². The van der Waals surface area contributed by atoms with Crippen LogP contribution in [0.15, 0.2) is 30.5 Å². The Kier molecular flexibility index (Phi) is 5.37. The van der Waals surface area contributed by atoms with Crippen LogP contribution in [0.5, 0.6) is 0 Å². The van der Waals surface area contributed by atoms with E-state index in [1.807, 2.05) is 31.3 Å². The van der Waals surface area contributed by atoms with Gasteiger partial charge in [-0.25, -0.2) is 13.9 Å². The van der Waals surface area contributed by atoms with Gasteiger partial charge in [-0.05, 0) is 69.6 Å². The van der Waals surface area contributed by atoms with Crippen molar-refractivity contribution in [3.63, 3.8) is 0 Å². The lowest BCUT2D eigenvalue weighted by molar-refractivity contribution is 0.220. The highest BCUT2D eigenvalue weighted by Crippen LogP contribution is 2.31. The van der Waals surface area contributed by atoms with Crippen molar-refractivity contribution in [1.29, 1.82) is 0 Å². The molecule has 1 saturated heterocycles. The highest BCUT2D eigenvalue weighted by molar-refractivity contribution is 5.84. The molecule has 0 radical (unpaired) electrons. The number of hydrogen-bond acceptors (Lipinski definition) is 5. The van der Waals surface area contributed by atoms with Gasteiger partial charge in [0.2, 0.25) is 0 Å². The van der Waals surface area contributed by atoms with Crippen molar-refractivity contribution >= 4 is 16.6 Å². The van der Waals surface area contributed by atoms with E-state index in [9.17, 15) is 0 Å². The normalized spacial score (nSPS) is 15.9. The SMILES string of the molecule is CCN1CCC(c2cc3c(F)cc(-c4cc(C(C)C)c5nc(C)cn5n4)cc3nn2)CC1. The molecule has 5 rings (SSSR count). The van der Waals surface area contributed by atoms with Crippen LogP contribution in [-0.2, 0) is 0 Å². The Morgan fingerprint density at radius 1 is 1.09 bits per heavy atom. The summed E-state index contributed by atoms with van der Waals surface area (Å²) in [5.41, 5.74) is 5.70. The number of fused-ring (bicyclic) bond motifs is 2. The van der Waals surface area contributed by atoms with Crippen LogP contribution in [0.25, 0.3) is 27.8 Å². The summed E-state index contributed by atoms with van der Waals surface area (Å²) in [6, 6.07) is 7.35. The van der Waals surface area contributed by atoms with Gasteiger partial charge in [0.15, 0.2) is 5.65 Å². The van der Waals surface area contributed by atoms with Crippen molar-refractivity contribution in [3.05, 3.63) is 53.2 Å². The number of imidazole rings is 1. The number of aryl methyl sites for hydroxylation is 1. The minimum absolute atomic E-state index is 0.271. The second kappa shape index (κ2) is 8.20. The molecule has 0 unspecified atom stereocenters. The van der Waals surface area contributed by atoms with Crippen LogP contribution in [0.4, 0.5) is 4.39 Å². The second-order valence-corrected chi connectivity index (χ2v) is 9.16. The second-order valence-electron chi connectivity index (χ2n) is 9.16. The maximum Gasteiger partial charge on any atom is 0.157 e. The number of piperidine rings is 1. The van der Waals surface area contributed by atoms with E-state index in [0.717, 1.165) is 55.1 Å². The number of nitrogens with zero attached hydrogens (tertiary/aromatic N) is 6. The largest absolute Gasteiger partial charge is 0.304 e. The van der Waals surface area contributed by atoms with Gasteiger partial charge in [-0.3, -0.25) is 0 Å². The van der Waals surface area contributed by atoms with E-state index in [2.05, 4.69) is 40.9 Å². The van der Waals surface area contributed by atoms with Gasteiger partial charge in [-0.15, -0.1) is 0 Å². The molecule has 1 fully saturated rings. The number of benzene rings is 1. The molecule has 6 nitrogen and oxygen atoms in total. The fourth-order valence-electron chi connectivity index (χ4n) is 4.69. The van der Waals surface area contributed by atoms with E-state index < -0.39 is 0 Å². The van der Waals surface area contributed by atoms with Gasteiger partial charge in [0.05, 0.1) is 28.8 Å². The smallest absolute Gasteiger partial charge is 0.157 e. The van der Waals surface area contributed by atoms with Crippen LogP contribution in [0.1, 0.15) is 62.4 Å². The molecule has 4 heterocycles. The third-order valence-electron chi connectivity index (χ3n) is 6.62. The molecule has 32 heavy (non-hydrogen) atoms. The summed E-state index contributed by atoms with van der Waals surface area (Å²) in [6.07, 6.45) is 3.98. The predicted octanol–water partition coefficient (Wildman–Crippen LogP) is 5.11. The van der Waals surface area contributed by atoms with Crippen LogP contribution in [0.3, 0.4) is 0 Å². The van der Waals surface area contributed by atoms with Gasteiger partial charge in [0.1, 0.15) is 5.82 Å². The van der Waals surface area contributed by atoms with Crippen LogP contribution in [-0.4, -0.2) is 49.3 Å². The highest BCUT2D eigenvalue weighted by Gasteiger charge is 2.22.